The quantitative estimate of drug-likeness (QED) is 0.104. The highest BCUT2D eigenvalue weighted by Crippen LogP contribution is 2.39. The molecule has 2 aliphatic rings. The van der Waals surface area contributed by atoms with E-state index in [9.17, 15) is 32.3 Å². The van der Waals surface area contributed by atoms with E-state index in [2.05, 4.69) is 15.7 Å². The largest absolute Gasteiger partial charge is 0.506 e. The van der Waals surface area contributed by atoms with Crippen molar-refractivity contribution in [1.82, 2.24) is 20.0 Å². The number of carbonyl (C=O) groups excluding carboxylic acids is 2. The first-order valence-electron chi connectivity index (χ1n) is 16.8. The van der Waals surface area contributed by atoms with Gasteiger partial charge >= 0.3 is 12.1 Å². The number of aromatic nitrogens is 2. The van der Waals surface area contributed by atoms with Crippen molar-refractivity contribution in [3.63, 3.8) is 0 Å². The van der Waals surface area contributed by atoms with E-state index >= 15 is 0 Å². The summed E-state index contributed by atoms with van der Waals surface area (Å²) in [6.45, 7) is 2.58. The molecule has 2 heterocycles. The minimum Gasteiger partial charge on any atom is -0.506 e. The number of carboxylic acid groups (broad SMARTS) is 1. The van der Waals surface area contributed by atoms with Crippen LogP contribution in [0.2, 0.25) is 0 Å². The minimum atomic E-state index is -5.08. The fraction of sp³-hybridized carbons (Fsp3) is 0.486. The molecule has 3 aromatic rings. The number of ether oxygens (including phenoxy) is 2. The molecule has 12 nitrogen and oxygen atoms in total. The first-order valence-corrected chi connectivity index (χ1v) is 16.8. The normalized spacial score (nSPS) is 14.5. The summed E-state index contributed by atoms with van der Waals surface area (Å²) in [5.74, 6) is -2.75. The van der Waals surface area contributed by atoms with Crippen LogP contribution in [0.15, 0.2) is 42.7 Å². The Kier molecular flexibility index (Phi) is 14.2. The third-order valence-electron chi connectivity index (χ3n) is 8.50. The second-order valence-electron chi connectivity index (χ2n) is 12.3. The number of aliphatic carboxylic acids is 1. The van der Waals surface area contributed by atoms with Crippen molar-refractivity contribution < 1.29 is 51.6 Å². The minimum absolute atomic E-state index is 0.0145. The molecule has 1 aliphatic carbocycles. The molecule has 0 spiro atoms. The number of carboxylic acids is 1. The lowest BCUT2D eigenvalue weighted by Crippen LogP contribution is -2.45. The lowest BCUT2D eigenvalue weighted by atomic mass is 9.94. The van der Waals surface area contributed by atoms with Crippen molar-refractivity contribution in [3.8, 4) is 22.6 Å². The van der Waals surface area contributed by atoms with Gasteiger partial charge in [0.2, 0.25) is 5.91 Å². The molecule has 2 amide bonds. The summed E-state index contributed by atoms with van der Waals surface area (Å²) in [4.78, 5) is 35.9. The number of rotatable bonds is 14. The van der Waals surface area contributed by atoms with E-state index in [4.69, 9.17) is 19.4 Å². The highest BCUT2D eigenvalue weighted by molar-refractivity contribution is 5.97. The van der Waals surface area contributed by atoms with Crippen LogP contribution in [0.1, 0.15) is 49.7 Å². The van der Waals surface area contributed by atoms with Gasteiger partial charge in [-0.15, -0.1) is 0 Å². The van der Waals surface area contributed by atoms with E-state index in [1.807, 2.05) is 24.2 Å². The van der Waals surface area contributed by atoms with E-state index < -0.39 is 12.1 Å². The maximum atomic E-state index is 14.2. The fourth-order valence-electron chi connectivity index (χ4n) is 5.99. The summed E-state index contributed by atoms with van der Waals surface area (Å²) in [7, 11) is 1.83. The van der Waals surface area contributed by atoms with Crippen LogP contribution in [-0.4, -0.2) is 94.4 Å². The molecule has 278 valence electrons. The van der Waals surface area contributed by atoms with Crippen LogP contribution in [0.25, 0.3) is 11.1 Å². The number of nitrogens with zero attached hydrogens (tertiary/aromatic N) is 3. The molecule has 16 heteroatoms. The van der Waals surface area contributed by atoms with E-state index in [0.29, 0.717) is 63.5 Å². The number of aromatic hydroxyl groups is 1. The molecular weight excluding hydrogens is 678 g/mol. The van der Waals surface area contributed by atoms with Crippen LogP contribution in [-0.2, 0) is 39.0 Å². The van der Waals surface area contributed by atoms with Crippen molar-refractivity contribution in [2.24, 2.45) is 7.05 Å². The topological polar surface area (TPSA) is 155 Å². The maximum Gasteiger partial charge on any atom is 0.490 e. The molecule has 1 saturated carbocycles. The lowest BCUT2D eigenvalue weighted by Gasteiger charge is -2.34. The zero-order chi connectivity index (χ0) is 37.0. The zero-order valence-electron chi connectivity index (χ0n) is 28.3. The second kappa shape index (κ2) is 18.5. The molecule has 2 aromatic carbocycles. The number of phenolic OH excluding ortho intramolecular Hbond substituents is 1. The molecule has 4 N–H and O–H groups in total. The number of phenols is 1. The Bertz CT molecular complexity index is 1640. The van der Waals surface area contributed by atoms with Crippen LogP contribution in [0.5, 0.6) is 11.5 Å². The van der Waals surface area contributed by atoms with Crippen molar-refractivity contribution in [2.75, 3.05) is 44.8 Å². The number of alkyl halides is 3. The first kappa shape index (κ1) is 39.1. The number of carbonyl (C=O) groups is 3. The Morgan fingerprint density at radius 1 is 1.10 bits per heavy atom. The number of hydrogen-bond donors (Lipinski definition) is 4. The Labute approximate surface area is 292 Å². The summed E-state index contributed by atoms with van der Waals surface area (Å²) in [5.41, 5.74) is 3.70. The van der Waals surface area contributed by atoms with Crippen molar-refractivity contribution in [1.29, 1.82) is 0 Å². The van der Waals surface area contributed by atoms with Crippen molar-refractivity contribution >= 4 is 23.5 Å². The Morgan fingerprint density at radius 2 is 1.84 bits per heavy atom. The number of hydrogen-bond acceptors (Lipinski definition) is 8. The average Bonchev–Trinajstić information content (AvgIpc) is 3.53. The van der Waals surface area contributed by atoms with Crippen LogP contribution in [0.3, 0.4) is 0 Å². The van der Waals surface area contributed by atoms with Gasteiger partial charge in [0.15, 0.2) is 12.4 Å². The summed E-state index contributed by atoms with van der Waals surface area (Å²) in [6, 6.07) is 8.59. The molecule has 0 atom stereocenters. The molecule has 0 saturated heterocycles. The van der Waals surface area contributed by atoms with Crippen molar-refractivity contribution in [3.05, 3.63) is 59.7 Å². The predicted octanol–water partition coefficient (Wildman–Crippen LogP) is 4.84. The molecule has 0 unspecified atom stereocenters. The van der Waals surface area contributed by atoms with E-state index in [0.717, 1.165) is 47.9 Å². The van der Waals surface area contributed by atoms with Crippen LogP contribution in [0.4, 0.5) is 23.2 Å². The van der Waals surface area contributed by atoms with Gasteiger partial charge in [-0.1, -0.05) is 31.4 Å². The number of aryl methyl sites for hydroxylation is 1. The Morgan fingerprint density at radius 3 is 2.53 bits per heavy atom. The van der Waals surface area contributed by atoms with Crippen LogP contribution in [0, 0.1) is 5.82 Å². The maximum absolute atomic E-state index is 14.2. The molecular formula is C35H43F4N5O7. The molecule has 1 fully saturated rings. The third kappa shape index (κ3) is 12.0. The van der Waals surface area contributed by atoms with E-state index in [1.54, 1.807) is 23.0 Å². The number of anilines is 1. The highest BCUT2D eigenvalue weighted by atomic mass is 19.4. The van der Waals surface area contributed by atoms with Gasteiger partial charge < -0.3 is 35.2 Å². The summed E-state index contributed by atoms with van der Waals surface area (Å²) >= 11 is 0. The van der Waals surface area contributed by atoms with Gasteiger partial charge in [0.25, 0.3) is 5.91 Å². The molecule has 1 aliphatic heterocycles. The fourth-order valence-corrected chi connectivity index (χ4v) is 5.99. The average molecular weight is 722 g/mol. The summed E-state index contributed by atoms with van der Waals surface area (Å²) in [5, 5.41) is 27.5. The zero-order valence-corrected chi connectivity index (χ0v) is 28.3. The number of halogens is 4. The van der Waals surface area contributed by atoms with Crippen molar-refractivity contribution in [2.45, 2.75) is 63.6 Å². The lowest BCUT2D eigenvalue weighted by molar-refractivity contribution is -0.192. The number of amides is 2. The SMILES string of the molecule is Cn1cc(-c2cc(F)cc(CCOCCC(=O)N(CCNCCc3ccc(O)c4c3OCC(=O)N4)C3CCCCC3)c2)cn1.O=C(O)C(F)(F)F. The Balaban J connectivity index is 0.000000755. The second-order valence-corrected chi connectivity index (χ2v) is 12.3. The first-order chi connectivity index (χ1) is 24.3. The molecule has 51 heavy (non-hydrogen) atoms. The smallest absolute Gasteiger partial charge is 0.490 e. The van der Waals surface area contributed by atoms with Crippen LogP contribution >= 0.6 is 0 Å². The number of nitrogens with one attached hydrogen (secondary N) is 2. The summed E-state index contributed by atoms with van der Waals surface area (Å²) in [6.07, 6.45) is 5.52. The molecule has 1 aromatic heterocycles. The molecule has 0 bridgehead atoms. The molecule has 5 rings (SSSR count). The van der Waals surface area contributed by atoms with Gasteiger partial charge in [0.05, 0.1) is 25.8 Å². The van der Waals surface area contributed by atoms with Gasteiger partial charge in [-0.2, -0.15) is 18.3 Å². The van der Waals surface area contributed by atoms with Gasteiger partial charge in [0.1, 0.15) is 17.3 Å². The number of fused-ring (bicyclic) bond motifs is 1. The van der Waals surface area contributed by atoms with Crippen LogP contribution < -0.4 is 15.4 Å². The molecule has 0 radical (unpaired) electrons. The Hall–Kier alpha value is -4.70. The van der Waals surface area contributed by atoms with E-state index in [-0.39, 0.29) is 36.0 Å². The highest BCUT2D eigenvalue weighted by Gasteiger charge is 2.38. The summed E-state index contributed by atoms with van der Waals surface area (Å²) < 4.78 is 59.1. The van der Waals surface area contributed by atoms with Gasteiger partial charge in [-0.3, -0.25) is 14.3 Å². The van der Waals surface area contributed by atoms with Gasteiger partial charge in [-0.05, 0) is 67.1 Å². The standard InChI is InChI=1S/C33H42FN5O5.C2HF3O2/c1-38-21-26(20-36-38)25-17-23(18-27(34)19-25)10-15-43-16-11-31(42)39(28-5-3-2-4-6-28)14-13-35-12-9-24-7-8-29(40)32-33(24)44-22-30(41)37-32;3-2(4,5)1(6)7/h7-8,17-21,28,35,40H,2-6,9-16,22H2,1H3,(H,37,41);(H,6,7). The van der Waals surface area contributed by atoms with Gasteiger partial charge in [-0.25, -0.2) is 9.18 Å². The van der Waals surface area contributed by atoms with E-state index in [1.165, 1.54) is 18.6 Å². The monoisotopic (exact) mass is 721 g/mol. The van der Waals surface area contributed by atoms with Gasteiger partial charge in [0, 0.05) is 37.9 Å². The third-order valence-corrected chi connectivity index (χ3v) is 8.50. The number of benzene rings is 2. The predicted molar refractivity (Wildman–Crippen MR) is 179 cm³/mol.